The maximum Gasteiger partial charge on any atom is 0.243 e. The van der Waals surface area contributed by atoms with Crippen molar-refractivity contribution in [2.24, 2.45) is 0 Å². The van der Waals surface area contributed by atoms with Gasteiger partial charge in [-0.15, -0.1) is 0 Å². The van der Waals surface area contributed by atoms with E-state index in [9.17, 15) is 9.59 Å². The first-order chi connectivity index (χ1) is 15.5. The van der Waals surface area contributed by atoms with Crippen LogP contribution in [0.15, 0.2) is 78.9 Å². The Morgan fingerprint density at radius 3 is 2.31 bits per heavy atom. The number of rotatable bonds is 10. The molecule has 3 rings (SSSR count). The fourth-order valence-electron chi connectivity index (χ4n) is 3.14. The minimum atomic E-state index is -0.192. The molecule has 0 aliphatic carbocycles. The van der Waals surface area contributed by atoms with Crippen LogP contribution in [0, 0.1) is 0 Å². The molecule has 0 atom stereocenters. The molecule has 0 fully saturated rings. The minimum absolute atomic E-state index is 0.0109. The number of amides is 2. The lowest BCUT2D eigenvalue weighted by Crippen LogP contribution is -2.22. The van der Waals surface area contributed by atoms with Crippen LogP contribution in [0.4, 0.5) is 17.1 Å². The van der Waals surface area contributed by atoms with Gasteiger partial charge in [0.1, 0.15) is 5.75 Å². The molecule has 0 aliphatic heterocycles. The Kier molecular flexibility index (Phi) is 8.26. The Labute approximate surface area is 189 Å². The lowest BCUT2D eigenvalue weighted by atomic mass is 10.1. The molecule has 0 bridgehead atoms. The number of nitrogens with one attached hydrogen (secondary N) is 3. The molecular formula is C26H29N3O3. The van der Waals surface area contributed by atoms with E-state index in [0.717, 1.165) is 11.3 Å². The molecule has 0 spiro atoms. The van der Waals surface area contributed by atoms with Gasteiger partial charge in [-0.2, -0.15) is 0 Å². The molecule has 32 heavy (non-hydrogen) atoms. The van der Waals surface area contributed by atoms with E-state index in [1.807, 2.05) is 86.6 Å². The van der Waals surface area contributed by atoms with Crippen LogP contribution in [0.1, 0.15) is 25.8 Å². The zero-order chi connectivity index (χ0) is 22.8. The van der Waals surface area contributed by atoms with Crippen LogP contribution >= 0.6 is 0 Å². The molecule has 0 saturated heterocycles. The second kappa shape index (κ2) is 11.6. The molecule has 3 aromatic carbocycles. The second-order valence-corrected chi connectivity index (χ2v) is 7.68. The van der Waals surface area contributed by atoms with Crippen LogP contribution in [0.25, 0.3) is 0 Å². The molecule has 0 radical (unpaired) electrons. The van der Waals surface area contributed by atoms with Gasteiger partial charge < -0.3 is 20.7 Å². The topological polar surface area (TPSA) is 79.5 Å². The van der Waals surface area contributed by atoms with E-state index in [1.165, 1.54) is 0 Å². The molecule has 6 nitrogen and oxygen atoms in total. The third-order valence-corrected chi connectivity index (χ3v) is 4.61. The monoisotopic (exact) mass is 431 g/mol. The van der Waals surface area contributed by atoms with Crippen molar-refractivity contribution in [3.05, 3.63) is 84.4 Å². The molecule has 2 amide bonds. The van der Waals surface area contributed by atoms with E-state index < -0.39 is 0 Å². The molecule has 0 saturated carbocycles. The van der Waals surface area contributed by atoms with Gasteiger partial charge >= 0.3 is 0 Å². The smallest absolute Gasteiger partial charge is 0.243 e. The van der Waals surface area contributed by atoms with Gasteiger partial charge in [0.05, 0.1) is 18.3 Å². The zero-order valence-electron chi connectivity index (χ0n) is 18.4. The first kappa shape index (κ1) is 22.9. The van der Waals surface area contributed by atoms with Gasteiger partial charge in [0.15, 0.2) is 0 Å². The Morgan fingerprint density at radius 1 is 0.812 bits per heavy atom. The predicted octanol–water partition coefficient (Wildman–Crippen LogP) is 5.10. The van der Waals surface area contributed by atoms with Crippen molar-refractivity contribution >= 4 is 28.9 Å². The number of carbonyl (C=O) groups excluding carboxylic acids is 2. The Morgan fingerprint density at radius 2 is 1.53 bits per heavy atom. The number of carbonyl (C=O) groups is 2. The first-order valence-corrected chi connectivity index (χ1v) is 10.7. The van der Waals surface area contributed by atoms with E-state index in [2.05, 4.69) is 16.0 Å². The van der Waals surface area contributed by atoms with Crippen molar-refractivity contribution < 1.29 is 14.3 Å². The third kappa shape index (κ3) is 7.47. The summed E-state index contributed by atoms with van der Waals surface area (Å²) in [7, 11) is 0. The molecule has 0 aliphatic rings. The van der Waals surface area contributed by atoms with E-state index in [1.54, 1.807) is 6.07 Å². The fourth-order valence-corrected chi connectivity index (χ4v) is 3.14. The van der Waals surface area contributed by atoms with Gasteiger partial charge in [0, 0.05) is 17.8 Å². The van der Waals surface area contributed by atoms with Crippen molar-refractivity contribution in [2.75, 3.05) is 22.5 Å². The highest BCUT2D eigenvalue weighted by atomic mass is 16.5. The third-order valence-electron chi connectivity index (χ3n) is 4.61. The SMILES string of the molecule is CC(C)Oc1ccccc1NC(=O)CNc1cccc(NC(=O)CCc2ccccc2)c1. The Hall–Kier alpha value is -3.80. The molecule has 6 heteroatoms. The van der Waals surface area contributed by atoms with Gasteiger partial charge in [-0.1, -0.05) is 48.5 Å². The lowest BCUT2D eigenvalue weighted by Gasteiger charge is -2.15. The summed E-state index contributed by atoms with van der Waals surface area (Å²) in [6.07, 6.45) is 1.10. The van der Waals surface area contributed by atoms with E-state index >= 15 is 0 Å². The highest BCUT2D eigenvalue weighted by Crippen LogP contribution is 2.24. The maximum atomic E-state index is 12.4. The van der Waals surface area contributed by atoms with Crippen LogP contribution in [-0.2, 0) is 16.0 Å². The number of ether oxygens (including phenoxy) is 1. The molecule has 0 heterocycles. The number of benzene rings is 3. The van der Waals surface area contributed by atoms with Crippen LogP contribution in [0.5, 0.6) is 5.75 Å². The number of para-hydroxylation sites is 2. The van der Waals surface area contributed by atoms with E-state index in [-0.39, 0.29) is 24.5 Å². The van der Waals surface area contributed by atoms with Crippen molar-refractivity contribution in [1.29, 1.82) is 0 Å². The summed E-state index contributed by atoms with van der Waals surface area (Å²) >= 11 is 0. The summed E-state index contributed by atoms with van der Waals surface area (Å²) in [5.41, 5.74) is 3.19. The van der Waals surface area contributed by atoms with Crippen molar-refractivity contribution in [2.45, 2.75) is 32.8 Å². The zero-order valence-corrected chi connectivity index (χ0v) is 18.4. The van der Waals surface area contributed by atoms with Crippen molar-refractivity contribution in [3.63, 3.8) is 0 Å². The standard InChI is InChI=1S/C26H29N3O3/c1-19(2)32-24-14-7-6-13-23(24)29-26(31)18-27-21-11-8-12-22(17-21)28-25(30)16-15-20-9-4-3-5-10-20/h3-14,17,19,27H,15-16,18H2,1-2H3,(H,28,30)(H,29,31). The molecule has 3 N–H and O–H groups in total. The fraction of sp³-hybridized carbons (Fsp3) is 0.231. The Bertz CT molecular complexity index is 1040. The first-order valence-electron chi connectivity index (χ1n) is 10.7. The quantitative estimate of drug-likeness (QED) is 0.417. The highest BCUT2D eigenvalue weighted by Gasteiger charge is 2.09. The lowest BCUT2D eigenvalue weighted by molar-refractivity contribution is -0.116. The molecule has 166 valence electrons. The molecule has 0 unspecified atom stereocenters. The summed E-state index contributed by atoms with van der Waals surface area (Å²) < 4.78 is 5.73. The summed E-state index contributed by atoms with van der Waals surface area (Å²) in [5, 5.41) is 8.87. The van der Waals surface area contributed by atoms with Gasteiger partial charge in [0.2, 0.25) is 11.8 Å². The largest absolute Gasteiger partial charge is 0.489 e. The van der Waals surface area contributed by atoms with Crippen LogP contribution in [0.3, 0.4) is 0 Å². The van der Waals surface area contributed by atoms with E-state index in [4.69, 9.17) is 4.74 Å². The molecular weight excluding hydrogens is 402 g/mol. The average Bonchev–Trinajstić information content (AvgIpc) is 2.78. The summed E-state index contributed by atoms with van der Waals surface area (Å²) in [6.45, 7) is 3.96. The summed E-state index contributed by atoms with van der Waals surface area (Å²) in [4.78, 5) is 24.7. The number of hydrogen-bond donors (Lipinski definition) is 3. The molecule has 3 aromatic rings. The van der Waals surface area contributed by atoms with Crippen molar-refractivity contribution in [3.8, 4) is 5.75 Å². The maximum absolute atomic E-state index is 12.4. The second-order valence-electron chi connectivity index (χ2n) is 7.68. The van der Waals surface area contributed by atoms with E-state index in [0.29, 0.717) is 30.0 Å². The van der Waals surface area contributed by atoms with Crippen LogP contribution in [-0.4, -0.2) is 24.5 Å². The van der Waals surface area contributed by atoms with Crippen molar-refractivity contribution in [1.82, 2.24) is 0 Å². The highest BCUT2D eigenvalue weighted by molar-refractivity contribution is 5.95. The number of aryl methyl sites for hydroxylation is 1. The Balaban J connectivity index is 1.49. The molecule has 0 aromatic heterocycles. The number of anilines is 3. The summed E-state index contributed by atoms with van der Waals surface area (Å²) in [5.74, 6) is 0.392. The van der Waals surface area contributed by atoms with Crippen LogP contribution in [0.2, 0.25) is 0 Å². The normalized spacial score (nSPS) is 10.5. The summed E-state index contributed by atoms with van der Waals surface area (Å²) in [6, 6.07) is 24.6. The van der Waals surface area contributed by atoms with Gasteiger partial charge in [-0.25, -0.2) is 0 Å². The van der Waals surface area contributed by atoms with Crippen LogP contribution < -0.4 is 20.7 Å². The number of hydrogen-bond acceptors (Lipinski definition) is 4. The van der Waals surface area contributed by atoms with Gasteiger partial charge in [-0.3, -0.25) is 9.59 Å². The van der Waals surface area contributed by atoms with Gasteiger partial charge in [-0.05, 0) is 56.2 Å². The predicted molar refractivity (Wildman–Crippen MR) is 129 cm³/mol. The minimum Gasteiger partial charge on any atom is -0.489 e. The van der Waals surface area contributed by atoms with Gasteiger partial charge in [0.25, 0.3) is 0 Å². The average molecular weight is 432 g/mol.